The second kappa shape index (κ2) is 18.0. The summed E-state index contributed by atoms with van der Waals surface area (Å²) in [6.45, 7) is 4.51. The number of unbranched alkanes of at least 4 members (excludes halogenated alkanes) is 10. The number of rotatable bonds is 18. The van der Waals surface area contributed by atoms with Crippen LogP contribution in [0.3, 0.4) is 0 Å². The van der Waals surface area contributed by atoms with E-state index in [1.54, 1.807) is 0 Å². The van der Waals surface area contributed by atoms with Crippen molar-refractivity contribution in [3.63, 3.8) is 0 Å². The Labute approximate surface area is 188 Å². The number of benzene rings is 1. The number of carbonyl (C=O) groups excluding carboxylic acids is 1. The molecule has 0 saturated carbocycles. The quantitative estimate of drug-likeness (QED) is 0.0935. The van der Waals surface area contributed by atoms with Crippen LogP contribution in [0.2, 0.25) is 0 Å². The largest absolute Gasteiger partial charge is 0.427 e. The summed E-state index contributed by atoms with van der Waals surface area (Å²) in [5.74, 6) is 0.648. The van der Waals surface area contributed by atoms with Crippen LogP contribution in [0.1, 0.15) is 115 Å². The Bertz CT molecular complexity index is 542. The third-order valence-electron chi connectivity index (χ3n) is 5.52. The Morgan fingerprint density at radius 1 is 0.759 bits per heavy atom. The molecule has 3 heteroatoms. The van der Waals surface area contributed by atoms with Gasteiger partial charge in [0.2, 0.25) is 0 Å². The first-order valence-corrected chi connectivity index (χ1v) is 13.2. The Morgan fingerprint density at radius 3 is 2.00 bits per heavy atom. The maximum absolute atomic E-state index is 12.2. The van der Waals surface area contributed by atoms with Crippen molar-refractivity contribution in [3.05, 3.63) is 29.3 Å². The average Bonchev–Trinajstić information content (AvgIpc) is 2.72. The number of alkyl halides is 1. The molecule has 0 saturated heterocycles. The zero-order chi connectivity index (χ0) is 21.2. The van der Waals surface area contributed by atoms with Crippen molar-refractivity contribution in [2.24, 2.45) is 0 Å². The van der Waals surface area contributed by atoms with E-state index in [1.807, 2.05) is 6.07 Å². The van der Waals surface area contributed by atoms with E-state index in [2.05, 4.69) is 41.9 Å². The topological polar surface area (TPSA) is 26.3 Å². The first-order valence-electron chi connectivity index (χ1n) is 12.1. The molecule has 166 valence electrons. The van der Waals surface area contributed by atoms with Crippen LogP contribution in [0, 0.1) is 0 Å². The standard InChI is InChI=1S/C26H43BrO2/c1-3-5-7-12-16-23-19-20-25(22-24(23)17-13-8-6-4-2)29-26(28)18-14-10-9-11-15-21-27/h19-20,22H,3-18,21H2,1-2H3. The predicted octanol–water partition coefficient (Wildman–Crippen LogP) is 8.57. The fraction of sp³-hybridized carbons (Fsp3) is 0.731. The second-order valence-electron chi connectivity index (χ2n) is 8.23. The summed E-state index contributed by atoms with van der Waals surface area (Å²) in [4.78, 5) is 12.2. The van der Waals surface area contributed by atoms with Crippen LogP contribution >= 0.6 is 15.9 Å². The lowest BCUT2D eigenvalue weighted by molar-refractivity contribution is -0.134. The minimum Gasteiger partial charge on any atom is -0.427 e. The predicted molar refractivity (Wildman–Crippen MR) is 129 cm³/mol. The van der Waals surface area contributed by atoms with E-state index < -0.39 is 0 Å². The van der Waals surface area contributed by atoms with Crippen LogP contribution < -0.4 is 4.74 Å². The van der Waals surface area contributed by atoms with Crippen molar-refractivity contribution in [1.82, 2.24) is 0 Å². The SMILES string of the molecule is CCCCCCc1ccc(OC(=O)CCCCCCCBr)cc1CCCCCC. The molecule has 1 aromatic carbocycles. The van der Waals surface area contributed by atoms with Crippen molar-refractivity contribution >= 4 is 21.9 Å². The maximum Gasteiger partial charge on any atom is 0.311 e. The van der Waals surface area contributed by atoms with Gasteiger partial charge in [0.05, 0.1) is 0 Å². The number of esters is 1. The zero-order valence-electron chi connectivity index (χ0n) is 18.9. The number of halogens is 1. The molecule has 1 rings (SSSR count). The third kappa shape index (κ3) is 13.2. The van der Waals surface area contributed by atoms with E-state index in [9.17, 15) is 4.79 Å². The van der Waals surface area contributed by atoms with Gasteiger partial charge < -0.3 is 4.74 Å². The Hall–Kier alpha value is -0.830. The second-order valence-corrected chi connectivity index (χ2v) is 9.03. The Kier molecular flexibility index (Phi) is 16.2. The van der Waals surface area contributed by atoms with Crippen LogP contribution in [0.15, 0.2) is 18.2 Å². The van der Waals surface area contributed by atoms with Crippen LogP contribution in [0.4, 0.5) is 0 Å². The highest BCUT2D eigenvalue weighted by Gasteiger charge is 2.09. The van der Waals surface area contributed by atoms with Crippen molar-refractivity contribution < 1.29 is 9.53 Å². The molecule has 0 heterocycles. The third-order valence-corrected chi connectivity index (χ3v) is 6.08. The molecule has 29 heavy (non-hydrogen) atoms. The molecule has 0 unspecified atom stereocenters. The molecule has 0 amide bonds. The summed E-state index contributed by atoms with van der Waals surface area (Å²) in [5, 5.41) is 1.07. The van der Waals surface area contributed by atoms with Gasteiger partial charge in [-0.25, -0.2) is 0 Å². The number of carbonyl (C=O) groups is 1. The molecular weight excluding hydrogens is 424 g/mol. The zero-order valence-corrected chi connectivity index (χ0v) is 20.5. The van der Waals surface area contributed by atoms with Gasteiger partial charge in [0.15, 0.2) is 0 Å². The van der Waals surface area contributed by atoms with Crippen molar-refractivity contribution in [2.45, 2.75) is 117 Å². The van der Waals surface area contributed by atoms with Crippen LogP contribution in [-0.4, -0.2) is 11.3 Å². The molecule has 0 spiro atoms. The van der Waals surface area contributed by atoms with Crippen molar-refractivity contribution in [3.8, 4) is 5.75 Å². The van der Waals surface area contributed by atoms with Gasteiger partial charge in [-0.15, -0.1) is 0 Å². The van der Waals surface area contributed by atoms with Gasteiger partial charge in [0, 0.05) is 11.8 Å². The van der Waals surface area contributed by atoms with E-state index in [1.165, 1.54) is 81.8 Å². The maximum atomic E-state index is 12.2. The normalized spacial score (nSPS) is 11.0. The molecule has 0 aliphatic rings. The van der Waals surface area contributed by atoms with E-state index in [0.717, 1.165) is 36.8 Å². The molecule has 0 aliphatic heterocycles. The molecule has 0 N–H and O–H groups in total. The van der Waals surface area contributed by atoms with Crippen LogP contribution in [-0.2, 0) is 17.6 Å². The average molecular weight is 468 g/mol. The lowest BCUT2D eigenvalue weighted by Gasteiger charge is -2.13. The number of ether oxygens (including phenoxy) is 1. The van der Waals surface area contributed by atoms with Gasteiger partial charge in [-0.1, -0.05) is 93.6 Å². The van der Waals surface area contributed by atoms with Gasteiger partial charge in [0.1, 0.15) is 5.75 Å². The molecule has 0 bridgehead atoms. The van der Waals surface area contributed by atoms with E-state index in [-0.39, 0.29) is 5.97 Å². The molecule has 1 aromatic rings. The van der Waals surface area contributed by atoms with Crippen LogP contribution in [0.5, 0.6) is 5.75 Å². The first-order chi connectivity index (χ1) is 14.2. The summed E-state index contributed by atoms with van der Waals surface area (Å²) in [6, 6.07) is 6.33. The Balaban J connectivity index is 2.54. The van der Waals surface area contributed by atoms with E-state index >= 15 is 0 Å². The van der Waals surface area contributed by atoms with Crippen molar-refractivity contribution in [1.29, 1.82) is 0 Å². The summed E-state index contributed by atoms with van der Waals surface area (Å²) in [6.07, 6.45) is 18.7. The summed E-state index contributed by atoms with van der Waals surface area (Å²) < 4.78 is 5.66. The smallest absolute Gasteiger partial charge is 0.311 e. The number of aryl methyl sites for hydroxylation is 2. The first kappa shape index (κ1) is 26.2. The van der Waals surface area contributed by atoms with Crippen LogP contribution in [0.25, 0.3) is 0 Å². The molecule has 0 aliphatic carbocycles. The van der Waals surface area contributed by atoms with Gasteiger partial charge >= 0.3 is 5.97 Å². The number of hydrogen-bond acceptors (Lipinski definition) is 2. The summed E-state index contributed by atoms with van der Waals surface area (Å²) >= 11 is 3.46. The summed E-state index contributed by atoms with van der Waals surface area (Å²) in [7, 11) is 0. The van der Waals surface area contributed by atoms with Gasteiger partial charge in [-0.3, -0.25) is 4.79 Å². The summed E-state index contributed by atoms with van der Waals surface area (Å²) in [5.41, 5.74) is 2.84. The monoisotopic (exact) mass is 466 g/mol. The van der Waals surface area contributed by atoms with Gasteiger partial charge in [-0.05, 0) is 61.8 Å². The fourth-order valence-corrected chi connectivity index (χ4v) is 4.10. The molecule has 0 aromatic heterocycles. The fourth-order valence-electron chi connectivity index (χ4n) is 3.70. The molecule has 0 radical (unpaired) electrons. The number of hydrogen-bond donors (Lipinski definition) is 0. The lowest BCUT2D eigenvalue weighted by Crippen LogP contribution is -2.08. The van der Waals surface area contributed by atoms with Crippen molar-refractivity contribution in [2.75, 3.05) is 5.33 Å². The minimum absolute atomic E-state index is 0.0851. The molecule has 2 nitrogen and oxygen atoms in total. The lowest BCUT2D eigenvalue weighted by atomic mass is 9.96. The molecule has 0 fully saturated rings. The van der Waals surface area contributed by atoms with Gasteiger partial charge in [-0.2, -0.15) is 0 Å². The highest BCUT2D eigenvalue weighted by molar-refractivity contribution is 9.09. The van der Waals surface area contributed by atoms with E-state index in [0.29, 0.717) is 6.42 Å². The Morgan fingerprint density at radius 2 is 1.34 bits per heavy atom. The minimum atomic E-state index is -0.0851. The highest BCUT2D eigenvalue weighted by atomic mass is 79.9. The van der Waals surface area contributed by atoms with Gasteiger partial charge in [0.25, 0.3) is 0 Å². The highest BCUT2D eigenvalue weighted by Crippen LogP contribution is 2.23. The molecular formula is C26H43BrO2. The molecule has 0 atom stereocenters. The van der Waals surface area contributed by atoms with E-state index in [4.69, 9.17) is 4.74 Å².